The summed E-state index contributed by atoms with van der Waals surface area (Å²) in [5.41, 5.74) is 2.29. The molecule has 146 valence electrons. The molecule has 0 saturated carbocycles. The number of fused-ring (bicyclic) bond motifs is 1. The summed E-state index contributed by atoms with van der Waals surface area (Å²) in [6.45, 7) is 3.68. The summed E-state index contributed by atoms with van der Waals surface area (Å²) in [5, 5.41) is 11.1. The maximum atomic E-state index is 12.9. The van der Waals surface area contributed by atoms with Gasteiger partial charge in [0, 0.05) is 18.6 Å². The second-order valence-corrected chi connectivity index (χ2v) is 6.93. The van der Waals surface area contributed by atoms with Crippen LogP contribution in [0.1, 0.15) is 16.8 Å². The molecule has 7 heteroatoms. The van der Waals surface area contributed by atoms with Crippen LogP contribution < -0.4 is 11.1 Å². The number of hydrogen-bond donors (Lipinski definition) is 2. The summed E-state index contributed by atoms with van der Waals surface area (Å²) in [5.74, 6) is -0.159. The van der Waals surface area contributed by atoms with Crippen molar-refractivity contribution in [2.24, 2.45) is 12.0 Å². The largest absolute Gasteiger partial charge is 0.506 e. The predicted molar refractivity (Wildman–Crippen MR) is 114 cm³/mol. The van der Waals surface area contributed by atoms with Gasteiger partial charge < -0.3 is 10.1 Å². The van der Waals surface area contributed by atoms with Crippen LogP contribution in [-0.2, 0) is 7.05 Å². The molecule has 0 fully saturated rings. The average molecular weight is 388 g/mol. The molecule has 0 aliphatic rings. The fourth-order valence-corrected chi connectivity index (χ4v) is 3.36. The Morgan fingerprint density at radius 1 is 1.07 bits per heavy atom. The van der Waals surface area contributed by atoms with Gasteiger partial charge in [-0.2, -0.15) is 0 Å². The first kappa shape index (κ1) is 18.5. The summed E-state index contributed by atoms with van der Waals surface area (Å²) in [4.78, 5) is 32.4. The van der Waals surface area contributed by atoms with E-state index < -0.39 is 5.56 Å². The van der Waals surface area contributed by atoms with Crippen LogP contribution in [0.25, 0.3) is 16.6 Å². The number of pyridine rings is 1. The van der Waals surface area contributed by atoms with E-state index in [1.54, 1.807) is 30.8 Å². The zero-order valence-corrected chi connectivity index (χ0v) is 16.3. The molecule has 0 unspecified atom stereocenters. The number of nitrogens with one attached hydrogen (secondary N) is 1. The van der Waals surface area contributed by atoms with Crippen LogP contribution in [0.4, 0.5) is 5.69 Å². The third-order valence-corrected chi connectivity index (χ3v) is 5.02. The molecule has 0 radical (unpaired) electrons. The summed E-state index contributed by atoms with van der Waals surface area (Å²) in [6.07, 6.45) is 1.25. The Morgan fingerprint density at radius 2 is 1.79 bits per heavy atom. The Morgan fingerprint density at radius 3 is 2.52 bits per heavy atom. The number of aryl methyl sites for hydroxylation is 1. The molecular weight excluding hydrogens is 368 g/mol. The molecule has 2 aromatic carbocycles. The van der Waals surface area contributed by atoms with Crippen molar-refractivity contribution in [3.05, 3.63) is 86.1 Å². The molecule has 0 aliphatic heterocycles. The number of H-pyrrole nitrogens is 1. The number of hydrogen-bond acceptors (Lipinski definition) is 4. The molecule has 0 spiro atoms. The molecular formula is C22H20N4O3. The van der Waals surface area contributed by atoms with E-state index in [2.05, 4.69) is 9.98 Å². The lowest BCUT2D eigenvalue weighted by molar-refractivity contribution is 0.479. The maximum Gasteiger partial charge on any atom is 0.297 e. The van der Waals surface area contributed by atoms with Crippen LogP contribution in [-0.4, -0.2) is 25.7 Å². The molecule has 0 atom stereocenters. The Hall–Kier alpha value is -3.87. The van der Waals surface area contributed by atoms with Crippen molar-refractivity contribution in [3.8, 4) is 11.4 Å². The van der Waals surface area contributed by atoms with Crippen molar-refractivity contribution in [2.75, 3.05) is 0 Å². The molecule has 4 rings (SSSR count). The number of rotatable bonds is 3. The highest BCUT2D eigenvalue weighted by atomic mass is 16.3. The van der Waals surface area contributed by atoms with Gasteiger partial charge in [-0.25, -0.2) is 9.67 Å². The third kappa shape index (κ3) is 3.06. The van der Waals surface area contributed by atoms with Crippen LogP contribution in [0.15, 0.2) is 63.1 Å². The normalized spacial score (nSPS) is 11.6. The van der Waals surface area contributed by atoms with Gasteiger partial charge in [-0.15, -0.1) is 0 Å². The van der Waals surface area contributed by atoms with E-state index in [4.69, 9.17) is 0 Å². The van der Waals surface area contributed by atoms with Gasteiger partial charge in [-0.05, 0) is 38.1 Å². The van der Waals surface area contributed by atoms with E-state index in [-0.39, 0.29) is 22.6 Å². The summed E-state index contributed by atoms with van der Waals surface area (Å²) in [7, 11) is 1.77. The molecule has 0 bridgehead atoms. The molecule has 0 aliphatic carbocycles. The summed E-state index contributed by atoms with van der Waals surface area (Å²) >= 11 is 0. The number of nitrogens with zero attached hydrogens (tertiary/aromatic N) is 3. The van der Waals surface area contributed by atoms with Crippen molar-refractivity contribution in [2.45, 2.75) is 13.8 Å². The summed E-state index contributed by atoms with van der Waals surface area (Å²) in [6, 6.07) is 14.6. The first-order chi connectivity index (χ1) is 13.9. The standard InChI is InChI=1S/C22H20N4O3/c1-13-9-10-18-16(11-13)20(27)17(21(28)24-18)12-23-19-14(2)25(3)26(22(19)29)15-7-5-4-6-8-15/h4-12H,1-3H3,(H2,24,27,28). The number of aromatic hydroxyl groups is 1. The zero-order chi connectivity index (χ0) is 20.7. The first-order valence-corrected chi connectivity index (χ1v) is 9.12. The molecule has 0 amide bonds. The highest BCUT2D eigenvalue weighted by Crippen LogP contribution is 2.25. The Kier molecular flexibility index (Phi) is 4.43. The monoisotopic (exact) mass is 388 g/mol. The third-order valence-electron chi connectivity index (χ3n) is 5.02. The van der Waals surface area contributed by atoms with Crippen LogP contribution in [0.5, 0.6) is 5.75 Å². The number of para-hydroxylation sites is 1. The lowest BCUT2D eigenvalue weighted by Gasteiger charge is -2.07. The van der Waals surface area contributed by atoms with Crippen molar-refractivity contribution >= 4 is 22.8 Å². The molecule has 29 heavy (non-hydrogen) atoms. The van der Waals surface area contributed by atoms with E-state index in [1.165, 1.54) is 10.9 Å². The minimum atomic E-state index is -0.473. The van der Waals surface area contributed by atoms with Crippen LogP contribution in [0, 0.1) is 13.8 Å². The van der Waals surface area contributed by atoms with Gasteiger partial charge in [0.05, 0.1) is 16.9 Å². The highest BCUT2D eigenvalue weighted by molar-refractivity contribution is 5.95. The second-order valence-electron chi connectivity index (χ2n) is 6.93. The van der Waals surface area contributed by atoms with E-state index in [0.717, 1.165) is 5.56 Å². The fourth-order valence-electron chi connectivity index (χ4n) is 3.36. The van der Waals surface area contributed by atoms with Gasteiger partial charge in [0.2, 0.25) is 0 Å². The minimum absolute atomic E-state index is 0.0111. The average Bonchev–Trinajstić information content (AvgIpc) is 2.92. The topological polar surface area (TPSA) is 92.4 Å². The van der Waals surface area contributed by atoms with Gasteiger partial charge in [0.25, 0.3) is 11.1 Å². The Balaban J connectivity index is 1.86. The second kappa shape index (κ2) is 6.94. The van der Waals surface area contributed by atoms with E-state index in [0.29, 0.717) is 22.3 Å². The van der Waals surface area contributed by atoms with Crippen LogP contribution in [0.3, 0.4) is 0 Å². The van der Waals surface area contributed by atoms with Gasteiger partial charge in [0.15, 0.2) is 5.69 Å². The fraction of sp³-hybridized carbons (Fsp3) is 0.136. The van der Waals surface area contributed by atoms with Crippen molar-refractivity contribution < 1.29 is 5.11 Å². The lowest BCUT2D eigenvalue weighted by atomic mass is 10.1. The van der Waals surface area contributed by atoms with Crippen molar-refractivity contribution in [1.29, 1.82) is 0 Å². The minimum Gasteiger partial charge on any atom is -0.506 e. The number of benzene rings is 2. The number of aromatic amines is 1. The van der Waals surface area contributed by atoms with E-state index in [1.807, 2.05) is 43.3 Å². The highest BCUT2D eigenvalue weighted by Gasteiger charge is 2.16. The molecule has 7 nitrogen and oxygen atoms in total. The first-order valence-electron chi connectivity index (χ1n) is 9.12. The SMILES string of the molecule is Cc1ccc2[nH]c(=O)c(C=Nc3c(C)n(C)n(-c4ccccc4)c3=O)c(O)c2c1. The molecule has 0 saturated heterocycles. The molecule has 2 N–H and O–H groups in total. The van der Waals surface area contributed by atoms with Gasteiger partial charge >= 0.3 is 0 Å². The lowest BCUT2D eigenvalue weighted by Crippen LogP contribution is -2.19. The summed E-state index contributed by atoms with van der Waals surface area (Å²) < 4.78 is 3.22. The Bertz CT molecular complexity index is 1380. The quantitative estimate of drug-likeness (QED) is 0.528. The smallest absolute Gasteiger partial charge is 0.297 e. The zero-order valence-electron chi connectivity index (χ0n) is 16.3. The number of aromatic nitrogens is 3. The molecule has 4 aromatic rings. The van der Waals surface area contributed by atoms with E-state index in [9.17, 15) is 14.7 Å². The predicted octanol–water partition coefficient (Wildman–Crippen LogP) is 3.09. The molecule has 2 aromatic heterocycles. The van der Waals surface area contributed by atoms with Crippen LogP contribution >= 0.6 is 0 Å². The van der Waals surface area contributed by atoms with Gasteiger partial charge in [-0.3, -0.25) is 14.3 Å². The maximum absolute atomic E-state index is 12.9. The van der Waals surface area contributed by atoms with E-state index >= 15 is 0 Å². The number of aliphatic imine (C=N–C) groups is 1. The molecule has 2 heterocycles. The van der Waals surface area contributed by atoms with Crippen molar-refractivity contribution in [1.82, 2.24) is 14.3 Å². The van der Waals surface area contributed by atoms with Crippen molar-refractivity contribution in [3.63, 3.8) is 0 Å². The Labute approximate surface area is 166 Å². The van der Waals surface area contributed by atoms with Crippen LogP contribution in [0.2, 0.25) is 0 Å². The van der Waals surface area contributed by atoms with Gasteiger partial charge in [-0.1, -0.05) is 29.8 Å². The van der Waals surface area contributed by atoms with Gasteiger partial charge in [0.1, 0.15) is 11.3 Å².